The Kier molecular flexibility index (Phi) is 7.00. The van der Waals surface area contributed by atoms with Crippen molar-refractivity contribution in [1.82, 2.24) is 4.90 Å². The summed E-state index contributed by atoms with van der Waals surface area (Å²) < 4.78 is 0. The maximum Gasteiger partial charge on any atom is 0.238 e. The number of rotatable bonds is 10. The smallest absolute Gasteiger partial charge is 0.238 e. The quantitative estimate of drug-likeness (QED) is 0.522. The highest BCUT2D eigenvalue weighted by Crippen LogP contribution is 2.30. The summed E-state index contributed by atoms with van der Waals surface area (Å²) in [5.74, 6) is 1.74. The van der Waals surface area contributed by atoms with Crippen LogP contribution in [0.4, 0.5) is 5.69 Å². The first-order chi connectivity index (χ1) is 10.7. The summed E-state index contributed by atoms with van der Waals surface area (Å²) in [5, 5.41) is 3.07. The summed E-state index contributed by atoms with van der Waals surface area (Å²) in [7, 11) is 0. The number of nitrogens with one attached hydrogen (secondary N) is 1. The van der Waals surface area contributed by atoms with Crippen LogP contribution in [0.1, 0.15) is 26.2 Å². The van der Waals surface area contributed by atoms with Crippen molar-refractivity contribution < 1.29 is 4.79 Å². The molecular formula is C18H26N2OS. The molecule has 1 N–H and O–H groups in total. The van der Waals surface area contributed by atoms with Gasteiger partial charge in [0.1, 0.15) is 0 Å². The number of benzene rings is 1. The van der Waals surface area contributed by atoms with Crippen LogP contribution in [0.2, 0.25) is 0 Å². The van der Waals surface area contributed by atoms with Crippen LogP contribution in [0, 0.1) is 5.92 Å². The van der Waals surface area contributed by atoms with Crippen LogP contribution in [-0.4, -0.2) is 36.2 Å². The van der Waals surface area contributed by atoms with E-state index < -0.39 is 0 Å². The van der Waals surface area contributed by atoms with Gasteiger partial charge in [0.2, 0.25) is 5.91 Å². The molecule has 1 amide bonds. The zero-order valence-electron chi connectivity index (χ0n) is 13.4. The Morgan fingerprint density at radius 1 is 1.45 bits per heavy atom. The van der Waals surface area contributed by atoms with Crippen molar-refractivity contribution >= 4 is 23.4 Å². The average molecular weight is 318 g/mol. The van der Waals surface area contributed by atoms with Gasteiger partial charge >= 0.3 is 0 Å². The fourth-order valence-corrected chi connectivity index (χ4v) is 3.20. The van der Waals surface area contributed by atoms with Gasteiger partial charge in [-0.15, -0.1) is 18.3 Å². The molecule has 0 bridgehead atoms. The highest BCUT2D eigenvalue weighted by atomic mass is 32.2. The predicted molar refractivity (Wildman–Crippen MR) is 95.4 cm³/mol. The average Bonchev–Trinajstić information content (AvgIpc) is 3.30. The minimum atomic E-state index is 0.0840. The van der Waals surface area contributed by atoms with Crippen molar-refractivity contribution in [3.63, 3.8) is 0 Å². The molecule has 1 saturated carbocycles. The summed E-state index contributed by atoms with van der Waals surface area (Å²) in [6, 6.07) is 7.96. The number of anilines is 1. The largest absolute Gasteiger partial charge is 0.324 e. The molecule has 0 aliphatic heterocycles. The van der Waals surface area contributed by atoms with Gasteiger partial charge in [-0.3, -0.25) is 9.69 Å². The fourth-order valence-electron chi connectivity index (χ4n) is 2.45. The van der Waals surface area contributed by atoms with Crippen LogP contribution in [0.5, 0.6) is 0 Å². The fraction of sp³-hybridized carbons (Fsp3) is 0.500. The Bertz CT molecular complexity index is 500. The molecular weight excluding hydrogens is 292 g/mol. The Labute approximate surface area is 138 Å². The predicted octanol–water partition coefficient (Wildman–Crippen LogP) is 4.03. The van der Waals surface area contributed by atoms with Crippen molar-refractivity contribution in [3.8, 4) is 0 Å². The number of carbonyl (C=O) groups is 1. The third-order valence-corrected chi connectivity index (χ3v) is 4.71. The van der Waals surface area contributed by atoms with Crippen LogP contribution in [0.25, 0.3) is 0 Å². The van der Waals surface area contributed by atoms with Gasteiger partial charge in [-0.2, -0.15) is 0 Å². The van der Waals surface area contributed by atoms with Gasteiger partial charge in [-0.1, -0.05) is 25.1 Å². The first-order valence-corrected chi connectivity index (χ1v) is 9.06. The molecule has 1 fully saturated rings. The third kappa shape index (κ3) is 5.85. The molecule has 0 atom stereocenters. The number of para-hydroxylation sites is 1. The Morgan fingerprint density at radius 2 is 2.23 bits per heavy atom. The molecule has 4 heteroatoms. The number of hydrogen-bond donors (Lipinski definition) is 1. The molecule has 3 nitrogen and oxygen atoms in total. The van der Waals surface area contributed by atoms with Crippen molar-refractivity contribution in [3.05, 3.63) is 36.9 Å². The lowest BCUT2D eigenvalue weighted by molar-refractivity contribution is -0.117. The molecule has 0 spiro atoms. The SMILES string of the molecule is C=CCSc1ccccc1NC(=O)CN(CCC)CC1CC1. The van der Waals surface area contributed by atoms with E-state index in [0.717, 1.165) is 41.8 Å². The minimum Gasteiger partial charge on any atom is -0.324 e. The van der Waals surface area contributed by atoms with E-state index in [-0.39, 0.29) is 5.91 Å². The van der Waals surface area contributed by atoms with Gasteiger partial charge < -0.3 is 5.32 Å². The van der Waals surface area contributed by atoms with E-state index in [4.69, 9.17) is 0 Å². The van der Waals surface area contributed by atoms with Gasteiger partial charge in [0.15, 0.2) is 0 Å². The second-order valence-corrected chi connectivity index (χ2v) is 6.88. The molecule has 0 radical (unpaired) electrons. The summed E-state index contributed by atoms with van der Waals surface area (Å²) in [6.07, 6.45) is 5.61. The number of carbonyl (C=O) groups excluding carboxylic acids is 1. The first kappa shape index (κ1) is 17.1. The third-order valence-electron chi connectivity index (χ3n) is 3.64. The Morgan fingerprint density at radius 3 is 2.91 bits per heavy atom. The molecule has 22 heavy (non-hydrogen) atoms. The molecule has 2 rings (SSSR count). The zero-order valence-corrected chi connectivity index (χ0v) is 14.2. The topological polar surface area (TPSA) is 32.3 Å². The molecule has 120 valence electrons. The van der Waals surface area contributed by atoms with E-state index in [9.17, 15) is 4.79 Å². The number of nitrogens with zero attached hydrogens (tertiary/aromatic N) is 1. The van der Waals surface area contributed by atoms with Crippen LogP contribution >= 0.6 is 11.8 Å². The summed E-state index contributed by atoms with van der Waals surface area (Å²) in [4.78, 5) is 15.7. The molecule has 1 aliphatic carbocycles. The summed E-state index contributed by atoms with van der Waals surface area (Å²) in [6.45, 7) is 8.46. The van der Waals surface area contributed by atoms with Crippen LogP contribution in [0.15, 0.2) is 41.8 Å². The molecule has 0 unspecified atom stereocenters. The van der Waals surface area contributed by atoms with Crippen molar-refractivity contribution in [2.75, 3.05) is 30.7 Å². The summed E-state index contributed by atoms with van der Waals surface area (Å²) in [5.41, 5.74) is 0.905. The van der Waals surface area contributed by atoms with Crippen LogP contribution in [-0.2, 0) is 4.79 Å². The molecule has 1 aliphatic rings. The van der Waals surface area contributed by atoms with Crippen LogP contribution in [0.3, 0.4) is 0 Å². The lowest BCUT2D eigenvalue weighted by Gasteiger charge is -2.21. The molecule has 0 heterocycles. The standard InChI is InChI=1S/C18H26N2OS/c1-3-11-20(13-15-9-10-15)14-18(21)19-16-7-5-6-8-17(16)22-12-4-2/h4-8,15H,2-3,9-14H2,1H3,(H,19,21). The van der Waals surface area contributed by atoms with E-state index >= 15 is 0 Å². The maximum absolute atomic E-state index is 12.3. The minimum absolute atomic E-state index is 0.0840. The number of thioether (sulfide) groups is 1. The lowest BCUT2D eigenvalue weighted by atomic mass is 10.3. The molecule has 1 aromatic rings. The van der Waals surface area contributed by atoms with Gasteiger partial charge in [0, 0.05) is 17.2 Å². The van der Waals surface area contributed by atoms with E-state index in [1.54, 1.807) is 11.8 Å². The van der Waals surface area contributed by atoms with E-state index in [0.29, 0.717) is 6.54 Å². The van der Waals surface area contributed by atoms with Gasteiger partial charge in [0.25, 0.3) is 0 Å². The Balaban J connectivity index is 1.90. The van der Waals surface area contributed by atoms with Crippen LogP contribution < -0.4 is 5.32 Å². The molecule has 0 aromatic heterocycles. The normalized spacial score (nSPS) is 14.1. The van der Waals surface area contributed by atoms with E-state index in [1.807, 2.05) is 30.3 Å². The van der Waals surface area contributed by atoms with E-state index in [2.05, 4.69) is 23.7 Å². The highest BCUT2D eigenvalue weighted by Gasteiger charge is 2.24. The zero-order chi connectivity index (χ0) is 15.8. The molecule has 1 aromatic carbocycles. The second-order valence-electron chi connectivity index (χ2n) is 5.82. The van der Waals surface area contributed by atoms with Crippen molar-refractivity contribution in [2.45, 2.75) is 31.1 Å². The number of hydrogen-bond acceptors (Lipinski definition) is 3. The van der Waals surface area contributed by atoms with Gasteiger partial charge in [-0.05, 0) is 43.9 Å². The van der Waals surface area contributed by atoms with Gasteiger partial charge in [-0.25, -0.2) is 0 Å². The molecule has 0 saturated heterocycles. The van der Waals surface area contributed by atoms with E-state index in [1.165, 1.54) is 12.8 Å². The monoisotopic (exact) mass is 318 g/mol. The maximum atomic E-state index is 12.3. The highest BCUT2D eigenvalue weighted by molar-refractivity contribution is 7.99. The Hall–Kier alpha value is -1.26. The van der Waals surface area contributed by atoms with Crippen molar-refractivity contribution in [2.24, 2.45) is 5.92 Å². The number of amides is 1. The summed E-state index contributed by atoms with van der Waals surface area (Å²) >= 11 is 1.69. The first-order valence-electron chi connectivity index (χ1n) is 8.07. The second kappa shape index (κ2) is 9.01. The van der Waals surface area contributed by atoms with Crippen molar-refractivity contribution in [1.29, 1.82) is 0 Å². The van der Waals surface area contributed by atoms with Gasteiger partial charge in [0.05, 0.1) is 12.2 Å². The lowest BCUT2D eigenvalue weighted by Crippen LogP contribution is -2.35.